The maximum atomic E-state index is 12.5. The second-order valence-electron chi connectivity index (χ2n) is 6.83. The molecule has 2 amide bonds. The van der Waals surface area contributed by atoms with Crippen LogP contribution in [0.1, 0.15) is 17.8 Å². The highest BCUT2D eigenvalue weighted by Crippen LogP contribution is 2.26. The number of aromatic nitrogens is 2. The van der Waals surface area contributed by atoms with Crippen LogP contribution in [0.3, 0.4) is 0 Å². The lowest BCUT2D eigenvalue weighted by atomic mass is 9.89. The van der Waals surface area contributed by atoms with Gasteiger partial charge in [0, 0.05) is 24.1 Å². The Morgan fingerprint density at radius 2 is 2.37 bits per heavy atom. The molecule has 1 aliphatic heterocycles. The van der Waals surface area contributed by atoms with Crippen molar-refractivity contribution in [2.24, 2.45) is 5.92 Å². The molecule has 8 nitrogen and oxygen atoms in total. The van der Waals surface area contributed by atoms with Crippen molar-refractivity contribution >= 4 is 17.7 Å². The number of hydrogen-bond acceptors (Lipinski definition) is 5. The predicted molar refractivity (Wildman–Crippen MR) is 97.7 cm³/mol. The number of cyclic esters (lactones) is 1. The van der Waals surface area contributed by atoms with Gasteiger partial charge < -0.3 is 19.8 Å². The fourth-order valence-corrected chi connectivity index (χ4v) is 3.60. The van der Waals surface area contributed by atoms with Crippen molar-refractivity contribution in [1.82, 2.24) is 15.3 Å². The second kappa shape index (κ2) is 7.30. The number of hydrogen-bond donors (Lipinski definition) is 2. The Kier molecular flexibility index (Phi) is 4.70. The molecule has 2 aromatic rings. The molecular weight excluding hydrogens is 348 g/mol. The van der Waals surface area contributed by atoms with E-state index in [1.54, 1.807) is 24.4 Å². The van der Waals surface area contributed by atoms with Gasteiger partial charge in [-0.2, -0.15) is 0 Å². The highest BCUT2D eigenvalue weighted by molar-refractivity contribution is 5.90. The molecule has 1 saturated heterocycles. The van der Waals surface area contributed by atoms with Gasteiger partial charge in [0.05, 0.1) is 37.9 Å². The summed E-state index contributed by atoms with van der Waals surface area (Å²) >= 11 is 0. The summed E-state index contributed by atoms with van der Waals surface area (Å²) in [6, 6.07) is 7.25. The van der Waals surface area contributed by atoms with Crippen LogP contribution in [-0.4, -0.2) is 48.3 Å². The predicted octanol–water partition coefficient (Wildman–Crippen LogP) is 1.66. The first-order valence-electron chi connectivity index (χ1n) is 9.05. The van der Waals surface area contributed by atoms with Crippen LogP contribution in [0.25, 0.3) is 0 Å². The lowest BCUT2D eigenvalue weighted by Crippen LogP contribution is -2.39. The van der Waals surface area contributed by atoms with Crippen molar-refractivity contribution < 1.29 is 19.1 Å². The SMILES string of the molecule is COc1cccc(N2CC(CNC(=O)C3CCc4nc[nH]c4C3)OC2=O)c1. The molecule has 142 valence electrons. The molecule has 0 spiro atoms. The van der Waals surface area contributed by atoms with E-state index >= 15 is 0 Å². The number of nitrogens with one attached hydrogen (secondary N) is 2. The van der Waals surface area contributed by atoms with E-state index in [1.165, 1.54) is 0 Å². The Bertz CT molecular complexity index is 850. The molecule has 1 aromatic heterocycles. The first kappa shape index (κ1) is 17.4. The van der Waals surface area contributed by atoms with E-state index in [0.717, 1.165) is 24.2 Å². The number of ether oxygens (including phenoxy) is 2. The van der Waals surface area contributed by atoms with Crippen molar-refractivity contribution in [3.63, 3.8) is 0 Å². The zero-order valence-electron chi connectivity index (χ0n) is 15.1. The number of carbonyl (C=O) groups is 2. The van der Waals surface area contributed by atoms with Crippen LogP contribution in [-0.2, 0) is 22.4 Å². The van der Waals surface area contributed by atoms with Gasteiger partial charge in [0.2, 0.25) is 5.91 Å². The Morgan fingerprint density at radius 3 is 3.22 bits per heavy atom. The Morgan fingerprint density at radius 1 is 1.48 bits per heavy atom. The number of fused-ring (bicyclic) bond motifs is 1. The fourth-order valence-electron chi connectivity index (χ4n) is 3.60. The molecule has 4 rings (SSSR count). The van der Waals surface area contributed by atoms with E-state index in [2.05, 4.69) is 15.3 Å². The third-order valence-corrected chi connectivity index (χ3v) is 5.10. The average Bonchev–Trinajstić information content (AvgIpc) is 3.31. The van der Waals surface area contributed by atoms with Crippen molar-refractivity contribution in [2.45, 2.75) is 25.4 Å². The van der Waals surface area contributed by atoms with E-state index in [0.29, 0.717) is 30.9 Å². The van der Waals surface area contributed by atoms with E-state index in [4.69, 9.17) is 9.47 Å². The van der Waals surface area contributed by atoms with Gasteiger partial charge in [0.25, 0.3) is 0 Å². The summed E-state index contributed by atoms with van der Waals surface area (Å²) in [6.45, 7) is 0.693. The number of amides is 2. The third-order valence-electron chi connectivity index (χ3n) is 5.10. The number of benzene rings is 1. The zero-order chi connectivity index (χ0) is 18.8. The van der Waals surface area contributed by atoms with Gasteiger partial charge in [-0.15, -0.1) is 0 Å². The van der Waals surface area contributed by atoms with E-state index < -0.39 is 6.09 Å². The van der Waals surface area contributed by atoms with Gasteiger partial charge in [-0.25, -0.2) is 9.78 Å². The molecular formula is C19H22N4O4. The van der Waals surface area contributed by atoms with Crippen molar-refractivity contribution in [3.05, 3.63) is 42.0 Å². The van der Waals surface area contributed by atoms with Crippen LogP contribution >= 0.6 is 0 Å². The fraction of sp³-hybridized carbons (Fsp3) is 0.421. The van der Waals surface area contributed by atoms with Crippen molar-refractivity contribution in [1.29, 1.82) is 0 Å². The first-order valence-corrected chi connectivity index (χ1v) is 9.05. The highest BCUT2D eigenvalue weighted by Gasteiger charge is 2.33. The first-order chi connectivity index (χ1) is 13.1. The molecule has 1 fully saturated rings. The number of aryl methyl sites for hydroxylation is 1. The number of imidazole rings is 1. The number of methoxy groups -OCH3 is 1. The molecule has 2 aliphatic rings. The number of carbonyl (C=O) groups excluding carboxylic acids is 2. The normalized spacial score (nSPS) is 21.5. The van der Waals surface area contributed by atoms with Crippen LogP contribution in [0.15, 0.2) is 30.6 Å². The molecule has 2 N–H and O–H groups in total. The van der Waals surface area contributed by atoms with Crippen molar-refractivity contribution in [2.75, 3.05) is 25.1 Å². The van der Waals surface area contributed by atoms with Crippen molar-refractivity contribution in [3.8, 4) is 5.75 Å². The quantitative estimate of drug-likeness (QED) is 0.834. The molecule has 2 atom stereocenters. The summed E-state index contributed by atoms with van der Waals surface area (Å²) in [5.74, 6) is 0.586. The Hall–Kier alpha value is -3.03. The summed E-state index contributed by atoms with van der Waals surface area (Å²) in [5, 5.41) is 2.93. The van der Waals surface area contributed by atoms with Crippen LogP contribution in [0.4, 0.5) is 10.5 Å². The molecule has 0 bridgehead atoms. The molecule has 2 unspecified atom stereocenters. The smallest absolute Gasteiger partial charge is 0.414 e. The standard InChI is InChI=1S/C19H22N4O4/c1-26-14-4-2-3-13(8-14)23-10-15(27-19(23)25)9-20-18(24)12-5-6-16-17(7-12)22-11-21-16/h2-4,8,11-12,15H,5-7,9-10H2,1H3,(H,20,24)(H,21,22). The second-order valence-corrected chi connectivity index (χ2v) is 6.83. The molecule has 27 heavy (non-hydrogen) atoms. The number of rotatable bonds is 5. The maximum Gasteiger partial charge on any atom is 0.414 e. The molecule has 0 radical (unpaired) electrons. The Balaban J connectivity index is 1.32. The minimum Gasteiger partial charge on any atom is -0.497 e. The average molecular weight is 370 g/mol. The molecule has 0 saturated carbocycles. The number of H-pyrrole nitrogens is 1. The summed E-state index contributed by atoms with van der Waals surface area (Å²) in [5.41, 5.74) is 2.81. The number of nitrogens with zero attached hydrogens (tertiary/aromatic N) is 2. The minimum atomic E-state index is -0.415. The molecule has 8 heteroatoms. The summed E-state index contributed by atoms with van der Waals surface area (Å²) in [7, 11) is 1.58. The highest BCUT2D eigenvalue weighted by atomic mass is 16.6. The van der Waals surface area contributed by atoms with E-state index in [9.17, 15) is 9.59 Å². The van der Waals surface area contributed by atoms with Gasteiger partial charge in [0.15, 0.2) is 0 Å². The minimum absolute atomic E-state index is 0.00821. The van der Waals surface area contributed by atoms with Gasteiger partial charge in [-0.1, -0.05) is 6.07 Å². The monoisotopic (exact) mass is 370 g/mol. The van der Waals surface area contributed by atoms with Gasteiger partial charge in [-0.3, -0.25) is 9.69 Å². The Labute approximate surface area is 156 Å². The van der Waals surface area contributed by atoms with Crippen LogP contribution in [0.2, 0.25) is 0 Å². The summed E-state index contributed by atoms with van der Waals surface area (Å²) in [6.07, 6.45) is 3.14. The lowest BCUT2D eigenvalue weighted by Gasteiger charge is -2.21. The van der Waals surface area contributed by atoms with Crippen LogP contribution in [0, 0.1) is 5.92 Å². The summed E-state index contributed by atoms with van der Waals surface area (Å²) < 4.78 is 10.6. The molecule has 2 heterocycles. The van der Waals surface area contributed by atoms with E-state index in [1.807, 2.05) is 18.2 Å². The van der Waals surface area contributed by atoms with E-state index in [-0.39, 0.29) is 17.9 Å². The summed E-state index contributed by atoms with van der Waals surface area (Å²) in [4.78, 5) is 33.6. The van der Waals surface area contributed by atoms with Gasteiger partial charge in [0.1, 0.15) is 11.9 Å². The van der Waals surface area contributed by atoms with Gasteiger partial charge in [-0.05, 0) is 25.0 Å². The van der Waals surface area contributed by atoms with Gasteiger partial charge >= 0.3 is 6.09 Å². The third kappa shape index (κ3) is 3.60. The zero-order valence-corrected chi connectivity index (χ0v) is 15.1. The number of anilines is 1. The largest absolute Gasteiger partial charge is 0.497 e. The number of aromatic amines is 1. The topological polar surface area (TPSA) is 96.6 Å². The van der Waals surface area contributed by atoms with Crippen LogP contribution in [0.5, 0.6) is 5.75 Å². The molecule has 1 aliphatic carbocycles. The lowest BCUT2D eigenvalue weighted by molar-refractivity contribution is -0.125. The maximum absolute atomic E-state index is 12.5. The van der Waals surface area contributed by atoms with Crippen LogP contribution < -0.4 is 15.0 Å². The molecule has 1 aromatic carbocycles.